The Morgan fingerprint density at radius 3 is 2.74 bits per heavy atom. The standard InChI is InChI=1S/C15H23N3.HI/c1-4-5-6-10-17-15(16-3)18-12-14-9-7-8-13(2)11-14;/h4-5,7-9,11H,6,10,12H2,1-3H3,(H2,16,17,18);1H. The first-order valence-corrected chi connectivity index (χ1v) is 6.37. The summed E-state index contributed by atoms with van der Waals surface area (Å²) in [6.07, 6.45) is 5.22. The molecular weight excluding hydrogens is 349 g/mol. The van der Waals surface area contributed by atoms with Crippen molar-refractivity contribution in [3.8, 4) is 0 Å². The predicted molar refractivity (Wildman–Crippen MR) is 94.2 cm³/mol. The molecule has 3 nitrogen and oxygen atoms in total. The molecule has 2 N–H and O–H groups in total. The Morgan fingerprint density at radius 2 is 2.11 bits per heavy atom. The van der Waals surface area contributed by atoms with E-state index >= 15 is 0 Å². The van der Waals surface area contributed by atoms with Crippen LogP contribution in [0.3, 0.4) is 0 Å². The minimum Gasteiger partial charge on any atom is -0.356 e. The zero-order chi connectivity index (χ0) is 13.2. The van der Waals surface area contributed by atoms with Crippen LogP contribution in [0.2, 0.25) is 0 Å². The first-order chi connectivity index (χ1) is 8.76. The number of benzene rings is 1. The normalized spacial score (nSPS) is 11.2. The second-order valence-corrected chi connectivity index (χ2v) is 4.20. The van der Waals surface area contributed by atoms with Gasteiger partial charge in [-0.25, -0.2) is 0 Å². The van der Waals surface area contributed by atoms with Crippen molar-refractivity contribution in [2.24, 2.45) is 4.99 Å². The van der Waals surface area contributed by atoms with E-state index in [0.29, 0.717) is 0 Å². The van der Waals surface area contributed by atoms with Gasteiger partial charge >= 0.3 is 0 Å². The van der Waals surface area contributed by atoms with E-state index in [4.69, 9.17) is 0 Å². The lowest BCUT2D eigenvalue weighted by Gasteiger charge is -2.11. The maximum atomic E-state index is 4.19. The van der Waals surface area contributed by atoms with E-state index in [1.54, 1.807) is 7.05 Å². The van der Waals surface area contributed by atoms with Crippen molar-refractivity contribution in [2.45, 2.75) is 26.8 Å². The van der Waals surface area contributed by atoms with Crippen LogP contribution >= 0.6 is 24.0 Å². The Hall–Kier alpha value is -1.04. The molecule has 0 saturated carbocycles. The Kier molecular flexibility index (Phi) is 10.2. The molecule has 0 saturated heterocycles. The Bertz CT molecular complexity index is 414. The molecule has 0 aromatic heterocycles. The van der Waals surface area contributed by atoms with Crippen molar-refractivity contribution in [2.75, 3.05) is 13.6 Å². The first kappa shape index (κ1) is 18.0. The summed E-state index contributed by atoms with van der Waals surface area (Å²) >= 11 is 0. The molecule has 0 aliphatic rings. The summed E-state index contributed by atoms with van der Waals surface area (Å²) in [6, 6.07) is 8.48. The van der Waals surface area contributed by atoms with Gasteiger partial charge in [0, 0.05) is 20.1 Å². The molecule has 4 heteroatoms. The maximum Gasteiger partial charge on any atom is 0.191 e. The minimum absolute atomic E-state index is 0. The number of rotatable bonds is 5. The number of aliphatic imine (C=N–C) groups is 1. The van der Waals surface area contributed by atoms with Crippen LogP contribution in [-0.4, -0.2) is 19.6 Å². The summed E-state index contributed by atoms with van der Waals surface area (Å²) in [6.45, 7) is 5.83. The van der Waals surface area contributed by atoms with Crippen LogP contribution in [0.25, 0.3) is 0 Å². The van der Waals surface area contributed by atoms with Gasteiger partial charge in [-0.2, -0.15) is 0 Å². The molecule has 0 heterocycles. The highest BCUT2D eigenvalue weighted by Gasteiger charge is 1.97. The van der Waals surface area contributed by atoms with Gasteiger partial charge in [-0.1, -0.05) is 42.0 Å². The largest absolute Gasteiger partial charge is 0.356 e. The predicted octanol–water partition coefficient (Wildman–Crippen LogP) is 3.24. The van der Waals surface area contributed by atoms with E-state index < -0.39 is 0 Å². The quantitative estimate of drug-likeness (QED) is 0.273. The molecule has 19 heavy (non-hydrogen) atoms. The Labute approximate surface area is 133 Å². The van der Waals surface area contributed by atoms with Gasteiger partial charge in [0.25, 0.3) is 0 Å². The summed E-state index contributed by atoms with van der Waals surface area (Å²) < 4.78 is 0. The number of guanidine groups is 1. The van der Waals surface area contributed by atoms with Crippen LogP contribution in [-0.2, 0) is 6.54 Å². The van der Waals surface area contributed by atoms with Crippen LogP contribution in [0.4, 0.5) is 0 Å². The first-order valence-electron chi connectivity index (χ1n) is 6.37. The van der Waals surface area contributed by atoms with Crippen LogP contribution in [0.1, 0.15) is 24.5 Å². The van der Waals surface area contributed by atoms with Gasteiger partial charge in [0.15, 0.2) is 5.96 Å². The van der Waals surface area contributed by atoms with Gasteiger partial charge in [0.1, 0.15) is 0 Å². The molecule has 0 aliphatic heterocycles. The lowest BCUT2D eigenvalue weighted by molar-refractivity contribution is 0.803. The van der Waals surface area contributed by atoms with E-state index in [-0.39, 0.29) is 24.0 Å². The summed E-state index contributed by atoms with van der Waals surface area (Å²) in [5.74, 6) is 0.848. The summed E-state index contributed by atoms with van der Waals surface area (Å²) in [5, 5.41) is 6.58. The monoisotopic (exact) mass is 373 g/mol. The van der Waals surface area contributed by atoms with Crippen molar-refractivity contribution in [3.05, 3.63) is 47.5 Å². The molecule has 0 amide bonds. The second kappa shape index (κ2) is 10.8. The summed E-state index contributed by atoms with van der Waals surface area (Å²) in [7, 11) is 1.79. The summed E-state index contributed by atoms with van der Waals surface area (Å²) in [4.78, 5) is 4.19. The lowest BCUT2D eigenvalue weighted by atomic mass is 10.1. The van der Waals surface area contributed by atoms with Gasteiger partial charge < -0.3 is 10.6 Å². The van der Waals surface area contributed by atoms with E-state index in [0.717, 1.165) is 25.5 Å². The third kappa shape index (κ3) is 7.87. The Morgan fingerprint density at radius 1 is 1.32 bits per heavy atom. The number of hydrogen-bond donors (Lipinski definition) is 2. The highest BCUT2D eigenvalue weighted by atomic mass is 127. The van der Waals surface area contributed by atoms with Crippen molar-refractivity contribution in [3.63, 3.8) is 0 Å². The van der Waals surface area contributed by atoms with Crippen molar-refractivity contribution >= 4 is 29.9 Å². The van der Waals surface area contributed by atoms with Gasteiger partial charge in [0.2, 0.25) is 0 Å². The van der Waals surface area contributed by atoms with Gasteiger partial charge in [0.05, 0.1) is 0 Å². The molecule has 1 aromatic carbocycles. The van der Waals surface area contributed by atoms with E-state index in [9.17, 15) is 0 Å². The zero-order valence-corrected chi connectivity index (χ0v) is 14.3. The molecule has 0 spiro atoms. The minimum atomic E-state index is 0. The number of nitrogens with zero attached hydrogens (tertiary/aromatic N) is 1. The van der Waals surface area contributed by atoms with Gasteiger partial charge in [-0.15, -0.1) is 24.0 Å². The molecule has 0 aliphatic carbocycles. The van der Waals surface area contributed by atoms with Crippen molar-refractivity contribution < 1.29 is 0 Å². The molecule has 0 bridgehead atoms. The summed E-state index contributed by atoms with van der Waals surface area (Å²) in [5.41, 5.74) is 2.55. The number of halogens is 1. The molecule has 106 valence electrons. The number of nitrogens with one attached hydrogen (secondary N) is 2. The van der Waals surface area contributed by atoms with Gasteiger partial charge in [-0.3, -0.25) is 4.99 Å². The second-order valence-electron chi connectivity index (χ2n) is 4.20. The average Bonchev–Trinajstić information content (AvgIpc) is 2.38. The highest BCUT2D eigenvalue weighted by Crippen LogP contribution is 2.02. The molecular formula is C15H24IN3. The molecule has 0 atom stereocenters. The smallest absolute Gasteiger partial charge is 0.191 e. The number of aryl methyl sites for hydroxylation is 1. The highest BCUT2D eigenvalue weighted by molar-refractivity contribution is 14.0. The Balaban J connectivity index is 0.00000324. The zero-order valence-electron chi connectivity index (χ0n) is 11.9. The lowest BCUT2D eigenvalue weighted by Crippen LogP contribution is -2.37. The maximum absolute atomic E-state index is 4.19. The van der Waals surface area contributed by atoms with E-state index in [1.165, 1.54) is 11.1 Å². The molecule has 0 radical (unpaired) electrons. The fraction of sp³-hybridized carbons (Fsp3) is 0.400. The van der Waals surface area contributed by atoms with E-state index in [1.807, 2.05) is 6.92 Å². The van der Waals surface area contributed by atoms with Crippen LogP contribution in [0.5, 0.6) is 0 Å². The molecule has 0 fully saturated rings. The third-order valence-electron chi connectivity index (χ3n) is 2.61. The van der Waals surface area contributed by atoms with Gasteiger partial charge in [-0.05, 0) is 25.8 Å². The molecule has 1 aromatic rings. The molecule has 1 rings (SSSR count). The topological polar surface area (TPSA) is 36.4 Å². The SMILES string of the molecule is CC=CCCNC(=NC)NCc1cccc(C)c1.I. The third-order valence-corrected chi connectivity index (χ3v) is 2.61. The van der Waals surface area contributed by atoms with E-state index in [2.05, 4.69) is 59.0 Å². The fourth-order valence-electron chi connectivity index (χ4n) is 1.67. The number of allylic oxidation sites excluding steroid dienone is 1. The average molecular weight is 373 g/mol. The van der Waals surface area contributed by atoms with Crippen LogP contribution in [0.15, 0.2) is 41.4 Å². The number of hydrogen-bond acceptors (Lipinski definition) is 1. The van der Waals surface area contributed by atoms with Crippen LogP contribution < -0.4 is 10.6 Å². The van der Waals surface area contributed by atoms with Crippen LogP contribution in [0, 0.1) is 6.92 Å². The van der Waals surface area contributed by atoms with Crippen molar-refractivity contribution in [1.82, 2.24) is 10.6 Å². The fourth-order valence-corrected chi connectivity index (χ4v) is 1.67. The van der Waals surface area contributed by atoms with Crippen molar-refractivity contribution in [1.29, 1.82) is 0 Å². The molecule has 0 unspecified atom stereocenters.